The lowest BCUT2D eigenvalue weighted by molar-refractivity contribution is 0.211. The van der Waals surface area contributed by atoms with E-state index < -0.39 is 6.10 Å². The van der Waals surface area contributed by atoms with Gasteiger partial charge in [0, 0.05) is 0 Å². The van der Waals surface area contributed by atoms with Crippen LogP contribution in [0.3, 0.4) is 0 Å². The van der Waals surface area contributed by atoms with E-state index in [2.05, 4.69) is 31.2 Å². The van der Waals surface area contributed by atoms with Crippen LogP contribution in [0.15, 0.2) is 36.4 Å². The standard InChI is InChI=1S/C12H15O/c1-11(13)7-5-6-10-12-8-3-2-4-9-12/h2-4,6,8-11,13H,1,5,7H2/b10-6+. The summed E-state index contributed by atoms with van der Waals surface area (Å²) in [6.45, 7) is 3.50. The largest absolute Gasteiger partial charge is 0.393 e. The molecular formula is C12H15O. The molecule has 1 aromatic carbocycles. The highest BCUT2D eigenvalue weighted by atomic mass is 16.3. The zero-order chi connectivity index (χ0) is 9.52. The van der Waals surface area contributed by atoms with E-state index in [1.807, 2.05) is 18.2 Å². The summed E-state index contributed by atoms with van der Waals surface area (Å²) in [7, 11) is 0. The van der Waals surface area contributed by atoms with Crippen molar-refractivity contribution in [2.24, 2.45) is 0 Å². The number of allylic oxidation sites excluding steroid dienone is 1. The predicted octanol–water partition coefficient (Wildman–Crippen LogP) is 2.67. The second-order valence-corrected chi connectivity index (χ2v) is 3.04. The number of hydrogen-bond acceptors (Lipinski definition) is 1. The Morgan fingerprint density at radius 1 is 1.31 bits per heavy atom. The maximum atomic E-state index is 8.90. The first-order valence-corrected chi connectivity index (χ1v) is 4.52. The van der Waals surface area contributed by atoms with Gasteiger partial charge in [-0.25, -0.2) is 0 Å². The molecule has 69 valence electrons. The maximum Gasteiger partial charge on any atom is 0.0544 e. The molecule has 13 heavy (non-hydrogen) atoms. The number of rotatable bonds is 4. The van der Waals surface area contributed by atoms with E-state index in [-0.39, 0.29) is 0 Å². The Kier molecular flexibility index (Phi) is 4.27. The molecule has 1 rings (SSSR count). The van der Waals surface area contributed by atoms with Gasteiger partial charge in [0.15, 0.2) is 0 Å². The van der Waals surface area contributed by atoms with Gasteiger partial charge in [0.2, 0.25) is 0 Å². The number of hydrogen-bond donors (Lipinski definition) is 1. The number of aliphatic hydroxyl groups is 1. The summed E-state index contributed by atoms with van der Waals surface area (Å²) in [6, 6.07) is 10.1. The molecule has 1 aromatic rings. The van der Waals surface area contributed by atoms with Gasteiger partial charge in [0.25, 0.3) is 0 Å². The SMILES string of the molecule is [CH2]C(O)CC/C=C/c1ccccc1. The monoisotopic (exact) mass is 175 g/mol. The van der Waals surface area contributed by atoms with Crippen LogP contribution in [0.1, 0.15) is 18.4 Å². The van der Waals surface area contributed by atoms with Crippen LogP contribution in [0.25, 0.3) is 6.08 Å². The van der Waals surface area contributed by atoms with Crippen LogP contribution in [0.4, 0.5) is 0 Å². The molecule has 0 fully saturated rings. The van der Waals surface area contributed by atoms with Crippen molar-refractivity contribution in [1.82, 2.24) is 0 Å². The molecule has 0 saturated carbocycles. The Labute approximate surface area is 79.7 Å². The average molecular weight is 175 g/mol. The van der Waals surface area contributed by atoms with Crippen LogP contribution in [0, 0.1) is 6.92 Å². The minimum Gasteiger partial charge on any atom is -0.393 e. The highest BCUT2D eigenvalue weighted by molar-refractivity contribution is 5.48. The molecule has 0 saturated heterocycles. The van der Waals surface area contributed by atoms with Crippen molar-refractivity contribution >= 4 is 6.08 Å². The van der Waals surface area contributed by atoms with E-state index in [1.165, 1.54) is 5.56 Å². The minimum absolute atomic E-state index is 0.444. The van der Waals surface area contributed by atoms with Crippen LogP contribution < -0.4 is 0 Å². The highest BCUT2D eigenvalue weighted by Gasteiger charge is 1.91. The van der Waals surface area contributed by atoms with Crippen molar-refractivity contribution in [2.75, 3.05) is 0 Å². The van der Waals surface area contributed by atoms with E-state index >= 15 is 0 Å². The topological polar surface area (TPSA) is 20.2 Å². The Balaban J connectivity index is 2.33. The fraction of sp³-hybridized carbons (Fsp3) is 0.250. The third kappa shape index (κ3) is 4.48. The molecule has 0 aliphatic rings. The van der Waals surface area contributed by atoms with E-state index in [4.69, 9.17) is 5.11 Å². The predicted molar refractivity (Wildman–Crippen MR) is 56.1 cm³/mol. The minimum atomic E-state index is -0.444. The molecule has 0 aliphatic carbocycles. The third-order valence-corrected chi connectivity index (χ3v) is 1.78. The Hall–Kier alpha value is -1.08. The summed E-state index contributed by atoms with van der Waals surface area (Å²) < 4.78 is 0. The fourth-order valence-corrected chi connectivity index (χ4v) is 1.07. The third-order valence-electron chi connectivity index (χ3n) is 1.78. The highest BCUT2D eigenvalue weighted by Crippen LogP contribution is 2.03. The Morgan fingerprint density at radius 2 is 2.00 bits per heavy atom. The van der Waals surface area contributed by atoms with Crippen LogP contribution in [-0.2, 0) is 0 Å². The van der Waals surface area contributed by atoms with Gasteiger partial charge < -0.3 is 5.11 Å². The van der Waals surface area contributed by atoms with Gasteiger partial charge in [-0.3, -0.25) is 0 Å². The normalized spacial score (nSPS) is 13.4. The quantitative estimate of drug-likeness (QED) is 0.746. The molecule has 0 aliphatic heterocycles. The fourth-order valence-electron chi connectivity index (χ4n) is 1.07. The van der Waals surface area contributed by atoms with Crippen molar-refractivity contribution in [1.29, 1.82) is 0 Å². The van der Waals surface area contributed by atoms with Crippen LogP contribution >= 0.6 is 0 Å². The first kappa shape index (κ1) is 10.0. The molecule has 1 radical (unpaired) electrons. The molecule has 1 unspecified atom stereocenters. The molecule has 0 spiro atoms. The van der Waals surface area contributed by atoms with Gasteiger partial charge in [-0.05, 0) is 25.3 Å². The Bertz CT molecular complexity index is 249. The zero-order valence-corrected chi connectivity index (χ0v) is 7.69. The van der Waals surface area contributed by atoms with E-state index in [1.54, 1.807) is 0 Å². The molecule has 0 amide bonds. The summed E-state index contributed by atoms with van der Waals surface area (Å²) >= 11 is 0. The summed E-state index contributed by atoms with van der Waals surface area (Å²) in [5.41, 5.74) is 1.20. The molecule has 1 atom stereocenters. The Morgan fingerprint density at radius 3 is 2.62 bits per heavy atom. The van der Waals surface area contributed by atoms with Gasteiger partial charge in [-0.1, -0.05) is 42.5 Å². The average Bonchev–Trinajstić information content (AvgIpc) is 2.14. The van der Waals surface area contributed by atoms with Gasteiger partial charge >= 0.3 is 0 Å². The molecular weight excluding hydrogens is 160 g/mol. The second-order valence-electron chi connectivity index (χ2n) is 3.04. The summed E-state index contributed by atoms with van der Waals surface area (Å²) in [6.07, 6.45) is 5.27. The van der Waals surface area contributed by atoms with E-state index in [9.17, 15) is 0 Å². The number of aliphatic hydroxyl groups excluding tert-OH is 1. The van der Waals surface area contributed by atoms with Crippen LogP contribution in [0.2, 0.25) is 0 Å². The lowest BCUT2D eigenvalue weighted by Crippen LogP contribution is -1.97. The molecule has 1 heteroatoms. The van der Waals surface area contributed by atoms with Gasteiger partial charge in [-0.15, -0.1) is 0 Å². The van der Waals surface area contributed by atoms with Gasteiger partial charge in [0.1, 0.15) is 0 Å². The summed E-state index contributed by atoms with van der Waals surface area (Å²) in [4.78, 5) is 0. The smallest absolute Gasteiger partial charge is 0.0544 e. The summed E-state index contributed by atoms with van der Waals surface area (Å²) in [5, 5.41) is 8.90. The zero-order valence-electron chi connectivity index (χ0n) is 7.69. The van der Waals surface area contributed by atoms with Crippen LogP contribution in [-0.4, -0.2) is 11.2 Å². The van der Waals surface area contributed by atoms with E-state index in [0.29, 0.717) is 0 Å². The van der Waals surface area contributed by atoms with Crippen molar-refractivity contribution in [2.45, 2.75) is 18.9 Å². The molecule has 1 N–H and O–H groups in total. The van der Waals surface area contributed by atoms with Gasteiger partial charge in [0.05, 0.1) is 6.10 Å². The van der Waals surface area contributed by atoms with Crippen molar-refractivity contribution in [3.8, 4) is 0 Å². The molecule has 0 aromatic heterocycles. The van der Waals surface area contributed by atoms with E-state index in [0.717, 1.165) is 12.8 Å². The molecule has 0 bridgehead atoms. The van der Waals surface area contributed by atoms with Gasteiger partial charge in [-0.2, -0.15) is 0 Å². The number of benzene rings is 1. The first-order chi connectivity index (χ1) is 6.29. The second kappa shape index (κ2) is 5.55. The molecule has 0 heterocycles. The van der Waals surface area contributed by atoms with Crippen molar-refractivity contribution in [3.63, 3.8) is 0 Å². The lowest BCUT2D eigenvalue weighted by Gasteiger charge is -1.98. The van der Waals surface area contributed by atoms with Crippen LogP contribution in [0.5, 0.6) is 0 Å². The lowest BCUT2D eigenvalue weighted by atomic mass is 10.1. The molecule has 1 nitrogen and oxygen atoms in total. The van der Waals surface area contributed by atoms with Crippen molar-refractivity contribution in [3.05, 3.63) is 48.9 Å². The first-order valence-electron chi connectivity index (χ1n) is 4.52. The van der Waals surface area contributed by atoms with Crippen molar-refractivity contribution < 1.29 is 5.11 Å². The maximum absolute atomic E-state index is 8.90. The summed E-state index contributed by atoms with van der Waals surface area (Å²) in [5.74, 6) is 0.